The van der Waals surface area contributed by atoms with Gasteiger partial charge in [0.05, 0.1) is 0 Å². The first-order valence-corrected chi connectivity index (χ1v) is 8.10. The Hall–Kier alpha value is 0.160. The Morgan fingerprint density at radius 2 is 2.00 bits per heavy atom. The van der Waals surface area contributed by atoms with E-state index in [4.69, 9.17) is 11.6 Å². The maximum atomic E-state index is 12.3. The van der Waals surface area contributed by atoms with Crippen molar-refractivity contribution in [2.45, 2.75) is 26.7 Å². The van der Waals surface area contributed by atoms with Crippen LogP contribution in [0.3, 0.4) is 0 Å². The van der Waals surface area contributed by atoms with Crippen LogP contribution in [0.2, 0.25) is 0 Å². The lowest BCUT2D eigenvalue weighted by Crippen LogP contribution is -2.48. The molecule has 0 N–H and O–H groups in total. The molecular weight excluding hydrogens is 260 g/mol. The van der Waals surface area contributed by atoms with E-state index in [1.165, 1.54) is 4.31 Å². The summed E-state index contributed by atoms with van der Waals surface area (Å²) in [6.45, 7) is 6.07. The summed E-state index contributed by atoms with van der Waals surface area (Å²) in [7, 11) is -1.65. The Kier molecular flexibility index (Phi) is 5.70. The van der Waals surface area contributed by atoms with E-state index in [-0.39, 0.29) is 0 Å². The Balaban J connectivity index is 2.64. The fraction of sp³-hybridized carbons (Fsp3) is 1.00. The van der Waals surface area contributed by atoms with Crippen molar-refractivity contribution >= 4 is 21.8 Å². The van der Waals surface area contributed by atoms with Crippen molar-refractivity contribution in [3.05, 3.63) is 0 Å². The molecule has 0 aromatic carbocycles. The zero-order valence-electron chi connectivity index (χ0n) is 10.9. The fourth-order valence-electron chi connectivity index (χ4n) is 2.03. The van der Waals surface area contributed by atoms with Crippen molar-refractivity contribution in [1.29, 1.82) is 0 Å². The normalized spacial score (nSPS) is 27.6. The second kappa shape index (κ2) is 6.36. The van der Waals surface area contributed by atoms with E-state index in [0.717, 1.165) is 6.42 Å². The quantitative estimate of drug-likeness (QED) is 0.721. The predicted molar refractivity (Wildman–Crippen MR) is 71.4 cm³/mol. The van der Waals surface area contributed by atoms with Gasteiger partial charge in [0, 0.05) is 32.6 Å². The van der Waals surface area contributed by atoms with Crippen LogP contribution in [0.25, 0.3) is 0 Å². The molecule has 0 aromatic rings. The van der Waals surface area contributed by atoms with Crippen LogP contribution in [-0.2, 0) is 10.2 Å². The van der Waals surface area contributed by atoms with Gasteiger partial charge in [0.2, 0.25) is 0 Å². The lowest BCUT2D eigenvalue weighted by Gasteiger charge is -2.36. The summed E-state index contributed by atoms with van der Waals surface area (Å²) in [5, 5.41) is 0. The SMILES string of the molecule is CC1CCN(S(=O)(=O)N(C)CCCCl)CC1C. The molecule has 0 aliphatic carbocycles. The van der Waals surface area contributed by atoms with Crippen molar-refractivity contribution in [1.82, 2.24) is 8.61 Å². The number of hydrogen-bond acceptors (Lipinski definition) is 2. The molecule has 0 bridgehead atoms. The minimum Gasteiger partial charge on any atom is -0.195 e. The van der Waals surface area contributed by atoms with E-state index in [0.29, 0.717) is 43.8 Å². The molecule has 1 aliphatic rings. The predicted octanol–water partition coefficient (Wildman–Crippen LogP) is 1.77. The molecule has 1 saturated heterocycles. The van der Waals surface area contributed by atoms with Crippen molar-refractivity contribution in [3.8, 4) is 0 Å². The van der Waals surface area contributed by atoms with Crippen molar-refractivity contribution in [2.75, 3.05) is 32.6 Å². The summed E-state index contributed by atoms with van der Waals surface area (Å²) in [4.78, 5) is 0. The first kappa shape index (κ1) is 15.2. The van der Waals surface area contributed by atoms with Crippen molar-refractivity contribution < 1.29 is 8.42 Å². The molecule has 0 saturated carbocycles. The summed E-state index contributed by atoms with van der Waals surface area (Å²) in [5.41, 5.74) is 0. The minimum absolute atomic E-state index is 0.431. The summed E-state index contributed by atoms with van der Waals surface area (Å²) in [6, 6.07) is 0. The number of rotatable bonds is 5. The van der Waals surface area contributed by atoms with Crippen molar-refractivity contribution in [2.24, 2.45) is 11.8 Å². The second-order valence-corrected chi connectivity index (χ2v) is 7.39. The third kappa shape index (κ3) is 3.81. The average Bonchev–Trinajstić information content (AvgIpc) is 2.29. The van der Waals surface area contributed by atoms with Gasteiger partial charge in [-0.3, -0.25) is 0 Å². The lowest BCUT2D eigenvalue weighted by molar-refractivity contribution is 0.203. The van der Waals surface area contributed by atoms with Gasteiger partial charge in [-0.25, -0.2) is 0 Å². The summed E-state index contributed by atoms with van der Waals surface area (Å²) in [6.07, 6.45) is 1.64. The van der Waals surface area contributed by atoms with E-state index < -0.39 is 10.2 Å². The molecule has 1 rings (SSSR count). The van der Waals surface area contributed by atoms with Gasteiger partial charge >= 0.3 is 0 Å². The minimum atomic E-state index is -3.28. The molecule has 0 radical (unpaired) electrons. The van der Waals surface area contributed by atoms with E-state index in [9.17, 15) is 8.42 Å². The van der Waals surface area contributed by atoms with Gasteiger partial charge in [-0.2, -0.15) is 17.0 Å². The second-order valence-electron chi connectivity index (χ2n) is 4.97. The van der Waals surface area contributed by atoms with E-state index in [1.54, 1.807) is 11.4 Å². The molecule has 1 aliphatic heterocycles. The molecular formula is C11H23ClN2O2S. The van der Waals surface area contributed by atoms with E-state index in [2.05, 4.69) is 13.8 Å². The largest absolute Gasteiger partial charge is 0.281 e. The Morgan fingerprint density at radius 1 is 1.35 bits per heavy atom. The molecule has 0 aromatic heterocycles. The van der Waals surface area contributed by atoms with Gasteiger partial charge in [0.15, 0.2) is 0 Å². The Bertz CT molecular complexity index is 334. The van der Waals surface area contributed by atoms with E-state index in [1.807, 2.05) is 0 Å². The highest BCUT2D eigenvalue weighted by Gasteiger charge is 2.32. The fourth-order valence-corrected chi connectivity index (χ4v) is 3.66. The number of hydrogen-bond donors (Lipinski definition) is 0. The average molecular weight is 283 g/mol. The summed E-state index contributed by atoms with van der Waals surface area (Å²) in [5.74, 6) is 1.53. The highest BCUT2D eigenvalue weighted by molar-refractivity contribution is 7.86. The van der Waals surface area contributed by atoms with Gasteiger partial charge < -0.3 is 0 Å². The van der Waals surface area contributed by atoms with Crippen LogP contribution >= 0.6 is 11.6 Å². The molecule has 2 unspecified atom stereocenters. The standard InChI is InChI=1S/C11H23ClN2O2S/c1-10-5-8-14(9-11(10)2)17(15,16)13(3)7-4-6-12/h10-11H,4-9H2,1-3H3. The third-order valence-corrected chi connectivity index (χ3v) is 5.85. The maximum absolute atomic E-state index is 12.3. The highest BCUT2D eigenvalue weighted by Crippen LogP contribution is 2.25. The molecule has 0 spiro atoms. The lowest BCUT2D eigenvalue weighted by atomic mass is 9.90. The van der Waals surface area contributed by atoms with Crippen LogP contribution in [0, 0.1) is 11.8 Å². The zero-order chi connectivity index (χ0) is 13.1. The smallest absolute Gasteiger partial charge is 0.195 e. The third-order valence-electron chi connectivity index (χ3n) is 3.62. The van der Waals surface area contributed by atoms with Crippen LogP contribution in [0.1, 0.15) is 26.7 Å². The maximum Gasteiger partial charge on any atom is 0.281 e. The van der Waals surface area contributed by atoms with Crippen LogP contribution in [-0.4, -0.2) is 49.6 Å². The van der Waals surface area contributed by atoms with Gasteiger partial charge in [0.1, 0.15) is 0 Å². The molecule has 4 nitrogen and oxygen atoms in total. The number of nitrogens with zero attached hydrogens (tertiary/aromatic N) is 2. The molecule has 102 valence electrons. The Labute approximate surface area is 110 Å². The van der Waals surface area contributed by atoms with Gasteiger partial charge in [-0.1, -0.05) is 13.8 Å². The van der Waals surface area contributed by atoms with Crippen LogP contribution in [0.4, 0.5) is 0 Å². The molecule has 2 atom stereocenters. The van der Waals surface area contributed by atoms with Gasteiger partial charge in [0.25, 0.3) is 10.2 Å². The van der Waals surface area contributed by atoms with E-state index >= 15 is 0 Å². The summed E-state index contributed by atoms with van der Waals surface area (Å²) < 4.78 is 27.5. The molecule has 6 heteroatoms. The van der Waals surface area contributed by atoms with Crippen LogP contribution in [0.5, 0.6) is 0 Å². The highest BCUT2D eigenvalue weighted by atomic mass is 35.5. The Morgan fingerprint density at radius 3 is 2.53 bits per heavy atom. The first-order valence-electron chi connectivity index (χ1n) is 6.17. The first-order chi connectivity index (χ1) is 7.89. The van der Waals surface area contributed by atoms with Crippen LogP contribution < -0.4 is 0 Å². The molecule has 1 heterocycles. The zero-order valence-corrected chi connectivity index (χ0v) is 12.5. The van der Waals surface area contributed by atoms with Gasteiger partial charge in [-0.05, 0) is 24.7 Å². The molecule has 17 heavy (non-hydrogen) atoms. The number of alkyl halides is 1. The monoisotopic (exact) mass is 282 g/mol. The molecule has 1 fully saturated rings. The molecule has 0 amide bonds. The van der Waals surface area contributed by atoms with Crippen LogP contribution in [0.15, 0.2) is 0 Å². The van der Waals surface area contributed by atoms with Gasteiger partial charge in [-0.15, -0.1) is 11.6 Å². The summed E-state index contributed by atoms with van der Waals surface area (Å²) >= 11 is 5.59. The number of halogens is 1. The number of piperidine rings is 1. The van der Waals surface area contributed by atoms with Crippen molar-refractivity contribution in [3.63, 3.8) is 0 Å². The topological polar surface area (TPSA) is 40.6 Å².